The number of aromatic nitrogens is 3. The molecule has 0 spiro atoms. The number of anilines is 1. The van der Waals surface area contributed by atoms with Gasteiger partial charge in [0, 0.05) is 37.9 Å². The molecule has 0 aliphatic heterocycles. The van der Waals surface area contributed by atoms with Crippen molar-refractivity contribution in [2.75, 3.05) is 25.0 Å². The highest BCUT2D eigenvalue weighted by Gasteiger charge is 2.20. The van der Waals surface area contributed by atoms with Gasteiger partial charge in [-0.1, -0.05) is 12.1 Å². The van der Waals surface area contributed by atoms with E-state index >= 15 is 0 Å². The molecule has 0 unspecified atom stereocenters. The van der Waals surface area contributed by atoms with Gasteiger partial charge in [0.2, 0.25) is 5.91 Å². The van der Waals surface area contributed by atoms with Gasteiger partial charge in [-0.15, -0.1) is 0 Å². The van der Waals surface area contributed by atoms with E-state index in [1.54, 1.807) is 32.3 Å². The van der Waals surface area contributed by atoms with Crippen molar-refractivity contribution in [2.45, 2.75) is 19.4 Å². The van der Waals surface area contributed by atoms with Gasteiger partial charge in [-0.25, -0.2) is 13.8 Å². The summed E-state index contributed by atoms with van der Waals surface area (Å²) < 4.78 is 29.9. The molecule has 3 rings (SSSR count). The smallest absolute Gasteiger partial charge is 0.255 e. The SMILES string of the molecule is C[C@@H](CNC(=O)c1cc(F)c(-c2cnn(C)c2)nc1NCCc1cccc(F)c1)NCC(N)=O. The minimum atomic E-state index is -0.672. The lowest BCUT2D eigenvalue weighted by atomic mass is 10.1. The summed E-state index contributed by atoms with van der Waals surface area (Å²) in [6, 6.07) is 7.07. The summed E-state index contributed by atoms with van der Waals surface area (Å²) in [6.45, 7) is 2.26. The van der Waals surface area contributed by atoms with Crippen LogP contribution < -0.4 is 21.7 Å². The number of amides is 2. The first-order valence-corrected chi connectivity index (χ1v) is 10.7. The zero-order valence-electron chi connectivity index (χ0n) is 18.9. The lowest BCUT2D eigenvalue weighted by molar-refractivity contribution is -0.117. The molecule has 1 aromatic carbocycles. The molecule has 3 aromatic rings. The minimum absolute atomic E-state index is 0.0199. The van der Waals surface area contributed by atoms with E-state index in [-0.39, 0.29) is 42.0 Å². The molecule has 9 nitrogen and oxygen atoms in total. The largest absolute Gasteiger partial charge is 0.369 e. The third kappa shape index (κ3) is 6.82. The minimum Gasteiger partial charge on any atom is -0.369 e. The van der Waals surface area contributed by atoms with Crippen LogP contribution in [0.15, 0.2) is 42.7 Å². The molecule has 34 heavy (non-hydrogen) atoms. The van der Waals surface area contributed by atoms with Crippen molar-refractivity contribution < 1.29 is 18.4 Å². The van der Waals surface area contributed by atoms with Gasteiger partial charge in [-0.3, -0.25) is 14.3 Å². The molecule has 0 saturated heterocycles. The second kappa shape index (κ2) is 11.3. The topological polar surface area (TPSA) is 127 Å². The Morgan fingerprint density at radius 1 is 1.24 bits per heavy atom. The van der Waals surface area contributed by atoms with Crippen molar-refractivity contribution in [3.8, 4) is 11.3 Å². The molecule has 1 atom stereocenters. The number of halogens is 2. The fourth-order valence-electron chi connectivity index (χ4n) is 3.25. The van der Waals surface area contributed by atoms with Crippen molar-refractivity contribution in [1.29, 1.82) is 0 Å². The van der Waals surface area contributed by atoms with E-state index in [0.29, 0.717) is 18.5 Å². The zero-order chi connectivity index (χ0) is 24.7. The number of nitrogens with two attached hydrogens (primary N) is 1. The second-order valence-corrected chi connectivity index (χ2v) is 7.88. The van der Waals surface area contributed by atoms with Gasteiger partial charge in [0.25, 0.3) is 5.91 Å². The Morgan fingerprint density at radius 3 is 2.71 bits per heavy atom. The first-order chi connectivity index (χ1) is 16.2. The Labute approximate surface area is 195 Å². The standard InChI is InChI=1S/C23H27F2N7O2/c1-14(28-12-20(26)33)10-29-23(34)18-9-19(25)21(16-11-30-32(2)13-16)31-22(18)27-7-6-15-4-3-5-17(24)8-15/h3-5,8-9,11,13-14,28H,6-7,10,12H2,1-2H3,(H2,26,33)(H,27,31)(H,29,34)/t14-/m0/s1. The summed E-state index contributed by atoms with van der Waals surface area (Å²) >= 11 is 0. The van der Waals surface area contributed by atoms with Crippen LogP contribution >= 0.6 is 0 Å². The number of pyridine rings is 1. The average molecular weight is 472 g/mol. The monoisotopic (exact) mass is 471 g/mol. The Kier molecular flexibility index (Phi) is 8.25. The van der Waals surface area contributed by atoms with Crippen molar-refractivity contribution >= 4 is 17.6 Å². The number of benzene rings is 1. The third-order valence-corrected chi connectivity index (χ3v) is 4.99. The molecule has 0 radical (unpaired) electrons. The van der Waals surface area contributed by atoms with Gasteiger partial charge in [0.15, 0.2) is 5.82 Å². The van der Waals surface area contributed by atoms with Crippen molar-refractivity contribution in [3.63, 3.8) is 0 Å². The summed E-state index contributed by atoms with van der Waals surface area (Å²) in [4.78, 5) is 28.1. The lowest BCUT2D eigenvalue weighted by Crippen LogP contribution is -2.42. The van der Waals surface area contributed by atoms with Gasteiger partial charge in [-0.2, -0.15) is 5.10 Å². The van der Waals surface area contributed by atoms with E-state index in [1.165, 1.54) is 23.0 Å². The normalized spacial score (nSPS) is 11.8. The quantitative estimate of drug-likeness (QED) is 0.337. The van der Waals surface area contributed by atoms with Gasteiger partial charge in [0.05, 0.1) is 18.3 Å². The van der Waals surface area contributed by atoms with Crippen molar-refractivity contribution in [1.82, 2.24) is 25.4 Å². The first kappa shape index (κ1) is 24.8. The summed E-state index contributed by atoms with van der Waals surface area (Å²) in [7, 11) is 1.70. The van der Waals surface area contributed by atoms with E-state index < -0.39 is 17.6 Å². The molecule has 0 aliphatic rings. The van der Waals surface area contributed by atoms with Gasteiger partial charge >= 0.3 is 0 Å². The van der Waals surface area contributed by atoms with Gasteiger partial charge < -0.3 is 21.7 Å². The number of hydrogen-bond donors (Lipinski definition) is 4. The molecule has 0 saturated carbocycles. The fourth-order valence-corrected chi connectivity index (χ4v) is 3.25. The summed E-state index contributed by atoms with van der Waals surface area (Å²) in [5.41, 5.74) is 6.41. The maximum absolute atomic E-state index is 14.9. The van der Waals surface area contributed by atoms with Crippen LogP contribution in [-0.4, -0.2) is 52.3 Å². The molecule has 2 heterocycles. The van der Waals surface area contributed by atoms with Gasteiger partial charge in [-0.05, 0) is 37.1 Å². The lowest BCUT2D eigenvalue weighted by Gasteiger charge is -2.16. The Bertz CT molecular complexity index is 1170. The Balaban J connectivity index is 1.79. The van der Waals surface area contributed by atoms with E-state index in [0.717, 1.165) is 11.6 Å². The van der Waals surface area contributed by atoms with E-state index in [2.05, 4.69) is 26.0 Å². The summed E-state index contributed by atoms with van der Waals surface area (Å²) in [5, 5.41) is 12.7. The average Bonchev–Trinajstić information content (AvgIpc) is 3.22. The first-order valence-electron chi connectivity index (χ1n) is 10.7. The molecule has 0 bridgehead atoms. The molecule has 5 N–H and O–H groups in total. The molecule has 11 heteroatoms. The number of primary amides is 1. The van der Waals surface area contributed by atoms with Gasteiger partial charge in [0.1, 0.15) is 17.3 Å². The molecule has 2 amide bonds. The van der Waals surface area contributed by atoms with Crippen LogP contribution in [0.1, 0.15) is 22.8 Å². The van der Waals surface area contributed by atoms with Crippen LogP contribution in [-0.2, 0) is 18.3 Å². The van der Waals surface area contributed by atoms with E-state index in [4.69, 9.17) is 5.73 Å². The van der Waals surface area contributed by atoms with Crippen LogP contribution in [0, 0.1) is 11.6 Å². The molecule has 0 aliphatic carbocycles. The highest BCUT2D eigenvalue weighted by atomic mass is 19.1. The number of carbonyl (C=O) groups excluding carboxylic acids is 2. The zero-order valence-corrected chi connectivity index (χ0v) is 18.9. The highest BCUT2D eigenvalue weighted by Crippen LogP contribution is 2.25. The van der Waals surface area contributed by atoms with Crippen LogP contribution in [0.5, 0.6) is 0 Å². The van der Waals surface area contributed by atoms with Crippen LogP contribution in [0.4, 0.5) is 14.6 Å². The predicted octanol–water partition coefficient (Wildman–Crippen LogP) is 1.61. The molecular formula is C23H27F2N7O2. The fraction of sp³-hybridized carbons (Fsp3) is 0.304. The predicted molar refractivity (Wildman–Crippen MR) is 124 cm³/mol. The molecular weight excluding hydrogens is 444 g/mol. The summed E-state index contributed by atoms with van der Waals surface area (Å²) in [5.74, 6) is -1.87. The number of aryl methyl sites for hydroxylation is 1. The van der Waals surface area contributed by atoms with Crippen LogP contribution in [0.2, 0.25) is 0 Å². The summed E-state index contributed by atoms with van der Waals surface area (Å²) in [6.07, 6.45) is 3.57. The molecule has 180 valence electrons. The maximum Gasteiger partial charge on any atom is 0.255 e. The highest BCUT2D eigenvalue weighted by molar-refractivity contribution is 5.99. The second-order valence-electron chi connectivity index (χ2n) is 7.88. The number of nitrogens with one attached hydrogen (secondary N) is 3. The number of hydrogen-bond acceptors (Lipinski definition) is 6. The Morgan fingerprint density at radius 2 is 2.03 bits per heavy atom. The molecule has 0 fully saturated rings. The van der Waals surface area contributed by atoms with Crippen LogP contribution in [0.25, 0.3) is 11.3 Å². The maximum atomic E-state index is 14.9. The Hall–Kier alpha value is -3.86. The van der Waals surface area contributed by atoms with Crippen molar-refractivity contribution in [3.05, 3.63) is 65.5 Å². The van der Waals surface area contributed by atoms with Crippen LogP contribution in [0.3, 0.4) is 0 Å². The number of carbonyl (C=O) groups is 2. The number of nitrogens with zero attached hydrogens (tertiary/aromatic N) is 3. The number of rotatable bonds is 11. The third-order valence-electron chi connectivity index (χ3n) is 4.99. The van der Waals surface area contributed by atoms with Crippen molar-refractivity contribution in [2.24, 2.45) is 12.8 Å². The molecule has 2 aromatic heterocycles. The van der Waals surface area contributed by atoms with E-state index in [9.17, 15) is 18.4 Å². The van der Waals surface area contributed by atoms with E-state index in [1.807, 2.05) is 0 Å².